The van der Waals surface area contributed by atoms with Gasteiger partial charge in [0.25, 0.3) is 5.91 Å². The summed E-state index contributed by atoms with van der Waals surface area (Å²) in [5.41, 5.74) is 3.01. The summed E-state index contributed by atoms with van der Waals surface area (Å²) in [5, 5.41) is 3.27. The van der Waals surface area contributed by atoms with Gasteiger partial charge >= 0.3 is 0 Å². The molecular formula is C31H35BrN2O3. The monoisotopic (exact) mass is 562 g/mol. The average molecular weight is 564 g/mol. The van der Waals surface area contributed by atoms with Gasteiger partial charge in [-0.1, -0.05) is 95.9 Å². The van der Waals surface area contributed by atoms with Crippen molar-refractivity contribution < 1.29 is 14.3 Å². The van der Waals surface area contributed by atoms with Crippen molar-refractivity contribution in [2.75, 3.05) is 6.61 Å². The van der Waals surface area contributed by atoms with E-state index in [1.165, 1.54) is 6.42 Å². The van der Waals surface area contributed by atoms with Crippen molar-refractivity contribution in [1.82, 2.24) is 10.2 Å². The number of benzene rings is 3. The van der Waals surface area contributed by atoms with Crippen LogP contribution < -0.4 is 10.1 Å². The van der Waals surface area contributed by atoms with Crippen LogP contribution in [0.4, 0.5) is 0 Å². The van der Waals surface area contributed by atoms with E-state index in [2.05, 4.69) is 21.2 Å². The molecular weight excluding hydrogens is 528 g/mol. The molecule has 5 nitrogen and oxygen atoms in total. The first-order chi connectivity index (χ1) is 18.0. The normalized spacial score (nSPS) is 14.5. The maximum absolute atomic E-state index is 13.8. The molecule has 4 rings (SSSR count). The maximum atomic E-state index is 13.8. The third-order valence-corrected chi connectivity index (χ3v) is 7.80. The molecule has 0 heterocycles. The van der Waals surface area contributed by atoms with Gasteiger partial charge in [-0.3, -0.25) is 9.59 Å². The van der Waals surface area contributed by atoms with E-state index in [4.69, 9.17) is 4.74 Å². The van der Waals surface area contributed by atoms with E-state index in [-0.39, 0.29) is 24.5 Å². The molecule has 1 atom stereocenters. The number of amides is 2. The van der Waals surface area contributed by atoms with E-state index in [1.807, 2.05) is 85.8 Å². The van der Waals surface area contributed by atoms with Crippen molar-refractivity contribution in [3.05, 3.63) is 100 Å². The lowest BCUT2D eigenvalue weighted by Gasteiger charge is -2.33. The fourth-order valence-corrected chi connectivity index (χ4v) is 5.06. The van der Waals surface area contributed by atoms with Gasteiger partial charge in [0.15, 0.2) is 6.61 Å². The number of carbonyl (C=O) groups is 2. The van der Waals surface area contributed by atoms with Crippen molar-refractivity contribution in [1.29, 1.82) is 0 Å². The second-order valence-corrected chi connectivity index (χ2v) is 10.6. The molecule has 194 valence electrons. The van der Waals surface area contributed by atoms with Crippen molar-refractivity contribution in [2.24, 2.45) is 0 Å². The molecule has 3 aromatic carbocycles. The number of nitrogens with one attached hydrogen (secondary N) is 1. The maximum Gasteiger partial charge on any atom is 0.261 e. The van der Waals surface area contributed by atoms with Gasteiger partial charge in [-0.05, 0) is 54.7 Å². The Hall–Kier alpha value is -3.12. The Balaban J connectivity index is 1.59. The second-order valence-electron chi connectivity index (χ2n) is 9.76. The number of rotatable bonds is 10. The van der Waals surface area contributed by atoms with Crippen molar-refractivity contribution in [2.45, 2.75) is 64.1 Å². The van der Waals surface area contributed by atoms with E-state index in [0.717, 1.165) is 46.8 Å². The number of hydrogen-bond donors (Lipinski definition) is 1. The van der Waals surface area contributed by atoms with Crippen molar-refractivity contribution in [3.8, 4) is 5.75 Å². The van der Waals surface area contributed by atoms with E-state index in [0.29, 0.717) is 18.7 Å². The molecule has 0 unspecified atom stereocenters. The van der Waals surface area contributed by atoms with Crippen LogP contribution in [0.2, 0.25) is 0 Å². The Morgan fingerprint density at radius 3 is 2.24 bits per heavy atom. The largest absolute Gasteiger partial charge is 0.484 e. The lowest BCUT2D eigenvalue weighted by Crippen LogP contribution is -2.53. The van der Waals surface area contributed by atoms with Gasteiger partial charge in [-0.15, -0.1) is 0 Å². The summed E-state index contributed by atoms with van der Waals surface area (Å²) in [6.45, 7) is 2.17. The van der Waals surface area contributed by atoms with Gasteiger partial charge < -0.3 is 15.0 Å². The van der Waals surface area contributed by atoms with E-state index in [1.54, 1.807) is 4.90 Å². The van der Waals surface area contributed by atoms with Gasteiger partial charge in [-0.2, -0.15) is 0 Å². The molecule has 3 aromatic rings. The highest BCUT2D eigenvalue weighted by Gasteiger charge is 2.32. The molecule has 0 bridgehead atoms. The quantitative estimate of drug-likeness (QED) is 0.319. The number of carbonyl (C=O) groups excluding carboxylic acids is 2. The topological polar surface area (TPSA) is 58.6 Å². The Labute approximate surface area is 228 Å². The molecule has 0 aromatic heterocycles. The van der Waals surface area contributed by atoms with Crippen LogP contribution in [0, 0.1) is 6.92 Å². The van der Waals surface area contributed by atoms with E-state index >= 15 is 0 Å². The highest BCUT2D eigenvalue weighted by atomic mass is 79.9. The van der Waals surface area contributed by atoms with Crippen LogP contribution >= 0.6 is 15.9 Å². The molecule has 37 heavy (non-hydrogen) atoms. The predicted octanol–water partition coefficient (Wildman–Crippen LogP) is 6.23. The highest BCUT2D eigenvalue weighted by molar-refractivity contribution is 9.10. The fraction of sp³-hybridized carbons (Fsp3) is 0.355. The molecule has 1 fully saturated rings. The minimum absolute atomic E-state index is 0.0977. The van der Waals surface area contributed by atoms with Crippen LogP contribution in [-0.4, -0.2) is 35.4 Å². The lowest BCUT2D eigenvalue weighted by atomic mass is 9.94. The van der Waals surface area contributed by atoms with Crippen molar-refractivity contribution in [3.63, 3.8) is 0 Å². The molecule has 2 amide bonds. The van der Waals surface area contributed by atoms with Gasteiger partial charge in [0.05, 0.1) is 0 Å². The molecule has 0 saturated heterocycles. The van der Waals surface area contributed by atoms with E-state index < -0.39 is 6.04 Å². The number of aryl methyl sites for hydroxylation is 1. The van der Waals surface area contributed by atoms with Gasteiger partial charge in [0.2, 0.25) is 5.91 Å². The Bertz CT molecular complexity index is 1160. The van der Waals surface area contributed by atoms with Gasteiger partial charge in [-0.25, -0.2) is 0 Å². The molecule has 1 N–H and O–H groups in total. The van der Waals surface area contributed by atoms with Gasteiger partial charge in [0, 0.05) is 23.5 Å². The fourth-order valence-electron chi connectivity index (χ4n) is 4.81. The first-order valence-electron chi connectivity index (χ1n) is 13.1. The summed E-state index contributed by atoms with van der Waals surface area (Å²) in [4.78, 5) is 29.2. The molecule has 1 saturated carbocycles. The third kappa shape index (κ3) is 7.93. The molecule has 0 spiro atoms. The Morgan fingerprint density at radius 2 is 1.59 bits per heavy atom. The predicted molar refractivity (Wildman–Crippen MR) is 150 cm³/mol. The third-order valence-electron chi connectivity index (χ3n) is 6.91. The Kier molecular flexibility index (Phi) is 9.78. The zero-order chi connectivity index (χ0) is 26.0. The van der Waals surface area contributed by atoms with Crippen LogP contribution in [0.15, 0.2) is 83.3 Å². The van der Waals surface area contributed by atoms with Gasteiger partial charge in [0.1, 0.15) is 11.8 Å². The number of nitrogens with zero attached hydrogens (tertiary/aromatic N) is 1. The smallest absolute Gasteiger partial charge is 0.261 e. The second kappa shape index (κ2) is 13.4. The Morgan fingerprint density at radius 1 is 0.946 bits per heavy atom. The van der Waals surface area contributed by atoms with Crippen LogP contribution in [0.1, 0.15) is 48.8 Å². The van der Waals surface area contributed by atoms with Crippen LogP contribution in [0.25, 0.3) is 0 Å². The van der Waals surface area contributed by atoms with Crippen LogP contribution in [0.3, 0.4) is 0 Å². The summed E-state index contributed by atoms with van der Waals surface area (Å²) in [6, 6.07) is 24.9. The minimum Gasteiger partial charge on any atom is -0.484 e. The summed E-state index contributed by atoms with van der Waals surface area (Å²) in [5.74, 6) is 0.309. The average Bonchev–Trinajstić information content (AvgIpc) is 2.93. The number of ether oxygens (including phenoxy) is 1. The number of halogens is 1. The number of hydrogen-bond acceptors (Lipinski definition) is 3. The zero-order valence-corrected chi connectivity index (χ0v) is 23.0. The van der Waals surface area contributed by atoms with E-state index in [9.17, 15) is 9.59 Å². The molecule has 1 aliphatic rings. The lowest BCUT2D eigenvalue weighted by molar-refractivity contribution is -0.143. The highest BCUT2D eigenvalue weighted by Crippen LogP contribution is 2.23. The standard InChI is InChI=1S/C31H35BrN2O3/c1-23-19-27(17-18-28(23)32)37-22-30(35)34(21-25-13-7-3-8-14-25)29(20-24-11-5-2-6-12-24)31(36)33-26-15-9-4-10-16-26/h2-3,5-8,11-14,17-19,26,29H,4,9-10,15-16,20-22H2,1H3,(H,33,36)/t29-/m1/s1. The molecule has 6 heteroatoms. The SMILES string of the molecule is Cc1cc(OCC(=O)N(Cc2ccccc2)[C@H](Cc2ccccc2)C(=O)NC2CCCCC2)ccc1Br. The molecule has 0 radical (unpaired) electrons. The van der Waals surface area contributed by atoms with Crippen LogP contribution in [0.5, 0.6) is 5.75 Å². The summed E-state index contributed by atoms with van der Waals surface area (Å²) in [6.07, 6.45) is 5.88. The molecule has 0 aliphatic heterocycles. The minimum atomic E-state index is -0.646. The zero-order valence-electron chi connectivity index (χ0n) is 21.4. The molecule has 1 aliphatic carbocycles. The summed E-state index contributed by atoms with van der Waals surface area (Å²) < 4.78 is 6.89. The summed E-state index contributed by atoms with van der Waals surface area (Å²) >= 11 is 3.50. The first-order valence-corrected chi connectivity index (χ1v) is 13.9. The first kappa shape index (κ1) is 26.9. The van der Waals surface area contributed by atoms with Crippen LogP contribution in [-0.2, 0) is 22.6 Å². The van der Waals surface area contributed by atoms with Crippen molar-refractivity contribution >= 4 is 27.7 Å². The summed E-state index contributed by atoms with van der Waals surface area (Å²) in [7, 11) is 0.